The fourth-order valence-corrected chi connectivity index (χ4v) is 1.66. The highest BCUT2D eigenvalue weighted by molar-refractivity contribution is 14.0. The highest BCUT2D eigenvalue weighted by Gasteiger charge is 2.26. The molecule has 0 aromatic rings. The number of hydrogen-bond acceptors (Lipinski definition) is 3. The van der Waals surface area contributed by atoms with Crippen molar-refractivity contribution < 1.29 is 22.7 Å². The van der Waals surface area contributed by atoms with Crippen LogP contribution in [-0.2, 0) is 4.74 Å². The molecule has 0 rings (SSSR count). The van der Waals surface area contributed by atoms with Crippen LogP contribution in [0, 0.1) is 5.92 Å². The monoisotopic (exact) mass is 482 g/mol. The summed E-state index contributed by atoms with van der Waals surface area (Å²) in [6.07, 6.45) is -5.70. The van der Waals surface area contributed by atoms with Gasteiger partial charge < -0.3 is 20.7 Å². The molecule has 150 valence electrons. The van der Waals surface area contributed by atoms with E-state index in [-0.39, 0.29) is 48.4 Å². The Morgan fingerprint density at radius 1 is 1.16 bits per heavy atom. The fourth-order valence-electron chi connectivity index (χ4n) is 1.66. The van der Waals surface area contributed by atoms with E-state index in [4.69, 9.17) is 4.74 Å². The first-order chi connectivity index (χ1) is 10.8. The van der Waals surface area contributed by atoms with E-state index in [1.807, 2.05) is 13.8 Å². The number of alkyl carbamates (subject to hydrolysis) is 1. The molecular formula is C15H30F3IN4O2. The van der Waals surface area contributed by atoms with Gasteiger partial charge >= 0.3 is 12.3 Å². The lowest BCUT2D eigenvalue weighted by molar-refractivity contribution is -0.132. The summed E-state index contributed by atoms with van der Waals surface area (Å²) in [6, 6.07) is -0.263. The van der Waals surface area contributed by atoms with E-state index in [1.165, 1.54) is 7.05 Å². The van der Waals surface area contributed by atoms with Crippen LogP contribution in [0.25, 0.3) is 0 Å². The van der Waals surface area contributed by atoms with Gasteiger partial charge in [0.2, 0.25) is 0 Å². The molecule has 1 unspecified atom stereocenters. The maximum absolute atomic E-state index is 12.1. The summed E-state index contributed by atoms with van der Waals surface area (Å²) in [5, 5.41) is 8.24. The molecule has 1 atom stereocenters. The van der Waals surface area contributed by atoms with Crippen molar-refractivity contribution in [1.29, 1.82) is 0 Å². The number of guanidine groups is 1. The molecule has 0 aliphatic carbocycles. The Morgan fingerprint density at radius 3 is 2.12 bits per heavy atom. The first-order valence-electron chi connectivity index (χ1n) is 7.85. The zero-order chi connectivity index (χ0) is 19.0. The number of hydrogen-bond donors (Lipinski definition) is 3. The second kappa shape index (κ2) is 11.6. The maximum Gasteiger partial charge on any atom is 0.407 e. The van der Waals surface area contributed by atoms with Gasteiger partial charge in [-0.15, -0.1) is 24.0 Å². The summed E-state index contributed by atoms with van der Waals surface area (Å²) in [5.41, 5.74) is -0.603. The summed E-state index contributed by atoms with van der Waals surface area (Å²) in [5.74, 6) is 0.342. The Kier molecular flexibility index (Phi) is 12.2. The molecule has 0 saturated carbocycles. The van der Waals surface area contributed by atoms with E-state index in [0.717, 1.165) is 0 Å². The molecule has 1 amide bonds. The van der Waals surface area contributed by atoms with Crippen molar-refractivity contribution in [2.24, 2.45) is 10.9 Å². The van der Waals surface area contributed by atoms with Gasteiger partial charge in [-0.25, -0.2) is 4.79 Å². The number of amides is 1. The van der Waals surface area contributed by atoms with Crippen molar-refractivity contribution in [3.05, 3.63) is 0 Å². The normalized spacial score (nSPS) is 13.8. The zero-order valence-electron chi connectivity index (χ0n) is 15.6. The van der Waals surface area contributed by atoms with E-state index in [9.17, 15) is 18.0 Å². The molecular weight excluding hydrogens is 452 g/mol. The molecule has 0 aromatic carbocycles. The topological polar surface area (TPSA) is 74.8 Å². The van der Waals surface area contributed by atoms with Crippen molar-refractivity contribution in [1.82, 2.24) is 16.0 Å². The summed E-state index contributed by atoms with van der Waals surface area (Å²) in [7, 11) is 1.47. The van der Waals surface area contributed by atoms with Gasteiger partial charge in [-0.1, -0.05) is 13.8 Å². The largest absolute Gasteiger partial charge is 0.444 e. The lowest BCUT2D eigenvalue weighted by atomic mass is 10.0. The van der Waals surface area contributed by atoms with Crippen LogP contribution in [0.2, 0.25) is 0 Å². The quantitative estimate of drug-likeness (QED) is 0.309. The number of alkyl halides is 3. The third-order valence-electron chi connectivity index (χ3n) is 2.92. The van der Waals surface area contributed by atoms with Gasteiger partial charge in [0, 0.05) is 20.1 Å². The van der Waals surface area contributed by atoms with E-state index in [0.29, 0.717) is 6.54 Å². The van der Waals surface area contributed by atoms with E-state index < -0.39 is 24.3 Å². The van der Waals surface area contributed by atoms with E-state index >= 15 is 0 Å². The highest BCUT2D eigenvalue weighted by Crippen LogP contribution is 2.18. The minimum Gasteiger partial charge on any atom is -0.444 e. The molecule has 0 aromatic heterocycles. The first kappa shape index (κ1) is 26.3. The van der Waals surface area contributed by atoms with E-state index in [1.54, 1.807) is 20.8 Å². The molecule has 6 nitrogen and oxygen atoms in total. The van der Waals surface area contributed by atoms with Crippen molar-refractivity contribution in [2.75, 3.05) is 20.1 Å². The van der Waals surface area contributed by atoms with Crippen LogP contribution in [0.5, 0.6) is 0 Å². The Balaban J connectivity index is 0. The molecule has 25 heavy (non-hydrogen) atoms. The lowest BCUT2D eigenvalue weighted by Gasteiger charge is -2.26. The summed E-state index contributed by atoms with van der Waals surface area (Å²) >= 11 is 0. The molecule has 0 spiro atoms. The molecule has 0 fully saturated rings. The second-order valence-electron chi connectivity index (χ2n) is 6.74. The number of carbonyl (C=O) groups excluding carboxylic acids is 1. The number of halogens is 4. The van der Waals surface area contributed by atoms with Crippen molar-refractivity contribution in [2.45, 2.75) is 58.9 Å². The number of carbonyl (C=O) groups is 1. The van der Waals surface area contributed by atoms with Crippen LogP contribution in [0.1, 0.15) is 41.0 Å². The van der Waals surface area contributed by atoms with E-state index in [2.05, 4.69) is 20.9 Å². The van der Waals surface area contributed by atoms with Crippen LogP contribution in [0.3, 0.4) is 0 Å². The number of nitrogens with zero attached hydrogens (tertiary/aromatic N) is 1. The van der Waals surface area contributed by atoms with Crippen LogP contribution < -0.4 is 16.0 Å². The Morgan fingerprint density at radius 2 is 1.72 bits per heavy atom. The van der Waals surface area contributed by atoms with Crippen molar-refractivity contribution in [3.8, 4) is 0 Å². The molecule has 10 heteroatoms. The third-order valence-corrected chi connectivity index (χ3v) is 2.92. The molecule has 3 N–H and O–H groups in total. The molecule has 0 aliphatic heterocycles. The number of nitrogens with one attached hydrogen (secondary N) is 3. The SMILES string of the molecule is CN=C(NCCC(F)(F)F)NCC(NC(=O)OC(C)(C)C)C(C)C.I. The molecule has 0 aliphatic rings. The summed E-state index contributed by atoms with van der Waals surface area (Å²) < 4.78 is 41.6. The van der Waals surface area contributed by atoms with Crippen molar-refractivity contribution >= 4 is 36.0 Å². The van der Waals surface area contributed by atoms with Crippen LogP contribution in [-0.4, -0.2) is 50.0 Å². The van der Waals surface area contributed by atoms with Gasteiger partial charge in [0.05, 0.1) is 12.5 Å². The zero-order valence-corrected chi connectivity index (χ0v) is 17.9. The predicted octanol–water partition coefficient (Wildman–Crippen LogP) is 3.27. The predicted molar refractivity (Wildman–Crippen MR) is 103 cm³/mol. The summed E-state index contributed by atoms with van der Waals surface area (Å²) in [6.45, 7) is 9.18. The first-order valence-corrected chi connectivity index (χ1v) is 7.85. The fraction of sp³-hybridized carbons (Fsp3) is 0.867. The minimum atomic E-state index is -4.22. The molecule has 0 saturated heterocycles. The van der Waals surface area contributed by atoms with Crippen LogP contribution >= 0.6 is 24.0 Å². The number of aliphatic imine (C=N–C) groups is 1. The lowest BCUT2D eigenvalue weighted by Crippen LogP contribution is -2.50. The van der Waals surface area contributed by atoms with Crippen LogP contribution in [0.4, 0.5) is 18.0 Å². The smallest absolute Gasteiger partial charge is 0.407 e. The van der Waals surface area contributed by atoms with Gasteiger partial charge in [0.1, 0.15) is 5.60 Å². The van der Waals surface area contributed by atoms with Gasteiger partial charge in [-0.05, 0) is 26.7 Å². The van der Waals surface area contributed by atoms with Gasteiger partial charge in [-0.2, -0.15) is 13.2 Å². The molecule has 0 heterocycles. The van der Waals surface area contributed by atoms with Gasteiger partial charge in [-0.3, -0.25) is 4.99 Å². The number of ether oxygens (including phenoxy) is 1. The third kappa shape index (κ3) is 15.1. The average molecular weight is 482 g/mol. The highest BCUT2D eigenvalue weighted by atomic mass is 127. The van der Waals surface area contributed by atoms with Gasteiger partial charge in [0.15, 0.2) is 5.96 Å². The Hall–Kier alpha value is -0.940. The minimum absolute atomic E-state index is 0. The molecule has 0 radical (unpaired) electrons. The van der Waals surface area contributed by atoms with Gasteiger partial charge in [0.25, 0.3) is 0 Å². The summed E-state index contributed by atoms with van der Waals surface area (Å²) in [4.78, 5) is 15.7. The standard InChI is InChI=1S/C15H29F3N4O2.HI/c1-10(2)11(22-13(23)24-14(3,4)5)9-21-12(19-6)20-8-7-15(16,17)18;/h10-11H,7-9H2,1-6H3,(H,22,23)(H2,19,20,21);1H. The Bertz CT molecular complexity index is 424. The second-order valence-corrected chi connectivity index (χ2v) is 6.74. The number of rotatable bonds is 6. The van der Waals surface area contributed by atoms with Crippen molar-refractivity contribution in [3.63, 3.8) is 0 Å². The van der Waals surface area contributed by atoms with Crippen LogP contribution in [0.15, 0.2) is 4.99 Å². The average Bonchev–Trinajstić information content (AvgIpc) is 2.37. The maximum atomic E-state index is 12.1. The Labute approximate surface area is 164 Å². The molecule has 0 bridgehead atoms.